The first-order valence-electron chi connectivity index (χ1n) is 8.62. The fourth-order valence-corrected chi connectivity index (χ4v) is 3.10. The van der Waals surface area contributed by atoms with E-state index in [2.05, 4.69) is 31.3 Å². The van der Waals surface area contributed by atoms with Gasteiger partial charge >= 0.3 is 6.18 Å². The van der Waals surface area contributed by atoms with Gasteiger partial charge in [0.1, 0.15) is 11.6 Å². The number of nitrogens with one attached hydrogen (secondary N) is 1. The van der Waals surface area contributed by atoms with Gasteiger partial charge in [0.15, 0.2) is 17.0 Å². The number of halogens is 6. The van der Waals surface area contributed by atoms with Gasteiger partial charge in [-0.2, -0.15) is 18.3 Å². The second kappa shape index (κ2) is 7.73. The number of aromatic nitrogens is 3. The van der Waals surface area contributed by atoms with E-state index >= 15 is 0 Å². The zero-order valence-corrected chi connectivity index (χ0v) is 16.8. The summed E-state index contributed by atoms with van der Waals surface area (Å²) in [6, 6.07) is 10.8. The van der Waals surface area contributed by atoms with Crippen molar-refractivity contribution in [2.75, 3.05) is 5.32 Å². The predicted molar refractivity (Wildman–Crippen MR) is 105 cm³/mol. The normalized spacial score (nSPS) is 11.7. The number of alkyl halides is 3. The molecule has 0 fully saturated rings. The minimum Gasteiger partial charge on any atom is -0.318 e. The van der Waals surface area contributed by atoms with E-state index in [4.69, 9.17) is 0 Å². The van der Waals surface area contributed by atoms with Crippen LogP contribution >= 0.6 is 15.9 Å². The molecule has 2 aromatic heterocycles. The molecule has 158 valence electrons. The van der Waals surface area contributed by atoms with E-state index in [1.54, 1.807) is 24.3 Å². The summed E-state index contributed by atoms with van der Waals surface area (Å²) in [7, 11) is 0. The molecule has 1 amide bonds. The van der Waals surface area contributed by atoms with Crippen molar-refractivity contribution in [3.05, 3.63) is 82.1 Å². The first kappa shape index (κ1) is 20.9. The number of amides is 1. The molecule has 0 saturated carbocycles. The van der Waals surface area contributed by atoms with Gasteiger partial charge in [0.2, 0.25) is 0 Å². The average molecular weight is 497 g/mol. The summed E-state index contributed by atoms with van der Waals surface area (Å²) in [5.41, 5.74) is -1.67. The molecule has 0 atom stereocenters. The fourth-order valence-electron chi connectivity index (χ4n) is 2.83. The van der Waals surface area contributed by atoms with Crippen LogP contribution in [-0.4, -0.2) is 20.5 Å². The van der Waals surface area contributed by atoms with Gasteiger partial charge in [-0.1, -0.05) is 28.1 Å². The molecule has 4 rings (SSSR count). The molecule has 0 unspecified atom stereocenters. The quantitative estimate of drug-likeness (QED) is 0.369. The maximum atomic E-state index is 13.8. The van der Waals surface area contributed by atoms with E-state index in [9.17, 15) is 26.7 Å². The number of benzene rings is 2. The molecule has 0 saturated heterocycles. The van der Waals surface area contributed by atoms with Gasteiger partial charge in [-0.3, -0.25) is 4.79 Å². The topological polar surface area (TPSA) is 59.3 Å². The molecule has 1 N–H and O–H groups in total. The van der Waals surface area contributed by atoms with Crippen molar-refractivity contribution >= 4 is 33.2 Å². The molecule has 5 nitrogen and oxygen atoms in total. The van der Waals surface area contributed by atoms with Gasteiger partial charge in [0.05, 0.1) is 11.4 Å². The van der Waals surface area contributed by atoms with Gasteiger partial charge < -0.3 is 5.32 Å². The predicted octanol–water partition coefficient (Wildman–Crippen LogP) is 5.71. The minimum atomic E-state index is -4.78. The Morgan fingerprint density at radius 3 is 2.35 bits per heavy atom. The molecule has 31 heavy (non-hydrogen) atoms. The number of fused-ring (bicyclic) bond motifs is 1. The Labute approximate surface area is 179 Å². The lowest BCUT2D eigenvalue weighted by Gasteiger charge is -2.11. The summed E-state index contributed by atoms with van der Waals surface area (Å²) in [6.45, 7) is 0. The summed E-state index contributed by atoms with van der Waals surface area (Å²) in [4.78, 5) is 16.6. The van der Waals surface area contributed by atoms with Crippen molar-refractivity contribution in [2.45, 2.75) is 6.18 Å². The molecular formula is C20H10BrF5N4O. The minimum absolute atomic E-state index is 0.0313. The Kier molecular flexibility index (Phi) is 5.21. The van der Waals surface area contributed by atoms with Gasteiger partial charge in [-0.05, 0) is 30.3 Å². The van der Waals surface area contributed by atoms with Crippen LogP contribution in [-0.2, 0) is 6.18 Å². The highest BCUT2D eigenvalue weighted by molar-refractivity contribution is 9.10. The molecule has 0 aliphatic rings. The Bertz CT molecular complexity index is 1300. The number of rotatable bonds is 3. The first-order valence-corrected chi connectivity index (χ1v) is 9.41. The monoisotopic (exact) mass is 496 g/mol. The smallest absolute Gasteiger partial charge is 0.318 e. The maximum absolute atomic E-state index is 13.8. The highest BCUT2D eigenvalue weighted by atomic mass is 79.9. The Morgan fingerprint density at radius 1 is 1.00 bits per heavy atom. The highest BCUT2D eigenvalue weighted by Gasteiger charge is 2.35. The van der Waals surface area contributed by atoms with E-state index in [-0.39, 0.29) is 17.0 Å². The molecule has 11 heteroatoms. The fraction of sp³-hybridized carbons (Fsp3) is 0.0500. The van der Waals surface area contributed by atoms with Gasteiger partial charge in [0, 0.05) is 22.2 Å². The van der Waals surface area contributed by atoms with Gasteiger partial charge in [0.25, 0.3) is 5.91 Å². The summed E-state index contributed by atoms with van der Waals surface area (Å²) in [6.07, 6.45) is -4.78. The molecule has 2 aromatic carbocycles. The van der Waals surface area contributed by atoms with E-state index in [0.717, 1.165) is 28.7 Å². The molecule has 4 aromatic rings. The number of hydrogen-bond donors (Lipinski definition) is 1. The van der Waals surface area contributed by atoms with Crippen molar-refractivity contribution < 1.29 is 26.7 Å². The van der Waals surface area contributed by atoms with Crippen molar-refractivity contribution in [3.63, 3.8) is 0 Å². The van der Waals surface area contributed by atoms with E-state index in [0.29, 0.717) is 16.1 Å². The third-order valence-electron chi connectivity index (χ3n) is 4.27. The van der Waals surface area contributed by atoms with Crippen LogP contribution in [0.15, 0.2) is 59.1 Å². The second-order valence-corrected chi connectivity index (χ2v) is 7.32. The maximum Gasteiger partial charge on any atom is 0.433 e. The number of nitrogens with zero attached hydrogens (tertiary/aromatic N) is 3. The van der Waals surface area contributed by atoms with Crippen LogP contribution in [0.3, 0.4) is 0 Å². The van der Waals surface area contributed by atoms with Crippen LogP contribution in [0.2, 0.25) is 0 Å². The lowest BCUT2D eigenvalue weighted by molar-refractivity contribution is -0.142. The zero-order valence-electron chi connectivity index (χ0n) is 15.2. The van der Waals surface area contributed by atoms with Crippen LogP contribution < -0.4 is 5.32 Å². The number of carbonyl (C=O) groups excluding carboxylic acids is 1. The van der Waals surface area contributed by atoms with E-state index in [1.165, 1.54) is 0 Å². The van der Waals surface area contributed by atoms with Crippen LogP contribution in [0.25, 0.3) is 16.9 Å². The molecule has 0 radical (unpaired) electrons. The van der Waals surface area contributed by atoms with Crippen molar-refractivity contribution in [2.24, 2.45) is 0 Å². The summed E-state index contributed by atoms with van der Waals surface area (Å²) >= 11 is 3.25. The third kappa shape index (κ3) is 4.26. The van der Waals surface area contributed by atoms with Crippen LogP contribution in [0.5, 0.6) is 0 Å². The summed E-state index contributed by atoms with van der Waals surface area (Å²) in [5, 5.41) is 5.84. The average Bonchev–Trinajstić information content (AvgIpc) is 3.13. The molecule has 2 heterocycles. The molecule has 0 spiro atoms. The van der Waals surface area contributed by atoms with Gasteiger partial charge in [-0.25, -0.2) is 18.3 Å². The Hall–Kier alpha value is -3.34. The van der Waals surface area contributed by atoms with Crippen LogP contribution in [0, 0.1) is 11.6 Å². The number of carbonyl (C=O) groups is 1. The lowest BCUT2D eigenvalue weighted by atomic mass is 10.1. The largest absolute Gasteiger partial charge is 0.433 e. The standard InChI is InChI=1S/C20H10BrF5N4O/c21-11-3-1-10(2-4-11)15-8-17(20(24,25)26)30-18(27-15)9-16(29-30)19(31)28-14-6-5-12(22)7-13(14)23/h1-9H,(H,28,31). The van der Waals surface area contributed by atoms with Crippen LogP contribution in [0.1, 0.15) is 16.2 Å². The van der Waals surface area contributed by atoms with E-state index in [1.807, 2.05) is 0 Å². The Balaban J connectivity index is 1.78. The van der Waals surface area contributed by atoms with E-state index < -0.39 is 35.1 Å². The molecular weight excluding hydrogens is 487 g/mol. The molecule has 0 aliphatic heterocycles. The zero-order chi connectivity index (χ0) is 22.3. The number of hydrogen-bond acceptors (Lipinski definition) is 3. The van der Waals surface area contributed by atoms with Gasteiger partial charge in [-0.15, -0.1) is 0 Å². The lowest BCUT2D eigenvalue weighted by Crippen LogP contribution is -2.16. The molecule has 0 aliphatic carbocycles. The van der Waals surface area contributed by atoms with Crippen LogP contribution in [0.4, 0.5) is 27.6 Å². The molecule has 0 bridgehead atoms. The third-order valence-corrected chi connectivity index (χ3v) is 4.80. The number of anilines is 1. The van der Waals surface area contributed by atoms with Crippen molar-refractivity contribution in [3.8, 4) is 11.3 Å². The summed E-state index contributed by atoms with van der Waals surface area (Å²) in [5.74, 6) is -2.86. The summed E-state index contributed by atoms with van der Waals surface area (Å²) < 4.78 is 69.0. The second-order valence-electron chi connectivity index (χ2n) is 6.41. The van der Waals surface area contributed by atoms with Crippen molar-refractivity contribution in [1.82, 2.24) is 14.6 Å². The van der Waals surface area contributed by atoms with Crippen molar-refractivity contribution in [1.29, 1.82) is 0 Å². The highest BCUT2D eigenvalue weighted by Crippen LogP contribution is 2.32. The Morgan fingerprint density at radius 2 is 1.71 bits per heavy atom. The SMILES string of the molecule is O=C(Nc1ccc(F)cc1F)c1cc2nc(-c3ccc(Br)cc3)cc(C(F)(F)F)n2n1. The first-order chi connectivity index (χ1) is 14.6.